The molecule has 1 saturated carbocycles. The molecule has 2 heterocycles. The van der Waals surface area contributed by atoms with E-state index < -0.39 is 0 Å². The van der Waals surface area contributed by atoms with E-state index in [1.54, 1.807) is 0 Å². The lowest BCUT2D eigenvalue weighted by atomic mass is 9.84. The van der Waals surface area contributed by atoms with Gasteiger partial charge in [-0.3, -0.25) is 4.90 Å². The second-order valence-corrected chi connectivity index (χ2v) is 8.04. The van der Waals surface area contributed by atoms with Crippen LogP contribution in [0.5, 0.6) is 0 Å². The molecule has 0 bridgehead atoms. The summed E-state index contributed by atoms with van der Waals surface area (Å²) in [6, 6.07) is 1.41. The van der Waals surface area contributed by atoms with Gasteiger partial charge in [-0.1, -0.05) is 26.7 Å². The Hall–Kier alpha value is -0.120. The molecule has 1 aliphatic carbocycles. The maximum absolute atomic E-state index is 5.57. The van der Waals surface area contributed by atoms with E-state index in [2.05, 4.69) is 31.0 Å². The molecule has 3 fully saturated rings. The summed E-state index contributed by atoms with van der Waals surface area (Å²) in [5, 5.41) is 3.95. The average molecular weight is 294 g/mol. The third-order valence-electron chi connectivity index (χ3n) is 6.40. The van der Waals surface area contributed by atoms with Crippen molar-refractivity contribution in [3.63, 3.8) is 0 Å². The van der Waals surface area contributed by atoms with Crippen LogP contribution in [0.15, 0.2) is 0 Å². The predicted octanol–water partition coefficient (Wildman–Crippen LogP) is 3.04. The lowest BCUT2D eigenvalue weighted by Crippen LogP contribution is -2.67. The molecule has 2 unspecified atom stereocenters. The SMILES string of the molecule is CC(C)C1CNC2(CCCC2)CN1C(C)C1CCOCC1. The van der Waals surface area contributed by atoms with Crippen molar-refractivity contribution < 1.29 is 4.74 Å². The van der Waals surface area contributed by atoms with Gasteiger partial charge in [0.15, 0.2) is 0 Å². The fourth-order valence-corrected chi connectivity index (χ4v) is 4.88. The number of piperazine rings is 1. The topological polar surface area (TPSA) is 24.5 Å². The van der Waals surface area contributed by atoms with Crippen LogP contribution in [0.3, 0.4) is 0 Å². The quantitative estimate of drug-likeness (QED) is 0.866. The van der Waals surface area contributed by atoms with E-state index in [4.69, 9.17) is 4.74 Å². The van der Waals surface area contributed by atoms with Crippen LogP contribution in [0.25, 0.3) is 0 Å². The molecule has 1 spiro atoms. The Bertz CT molecular complexity index is 332. The van der Waals surface area contributed by atoms with Crippen molar-refractivity contribution >= 4 is 0 Å². The summed E-state index contributed by atoms with van der Waals surface area (Å²) >= 11 is 0. The van der Waals surface area contributed by atoms with Gasteiger partial charge in [-0.25, -0.2) is 0 Å². The van der Waals surface area contributed by atoms with Gasteiger partial charge in [-0.15, -0.1) is 0 Å². The molecule has 0 aromatic heterocycles. The van der Waals surface area contributed by atoms with Crippen molar-refractivity contribution in [2.24, 2.45) is 11.8 Å². The minimum absolute atomic E-state index is 0.435. The van der Waals surface area contributed by atoms with Crippen molar-refractivity contribution in [1.29, 1.82) is 0 Å². The molecule has 0 aromatic rings. The normalized spacial score (nSPS) is 32.9. The lowest BCUT2D eigenvalue weighted by Gasteiger charge is -2.52. The molecule has 3 nitrogen and oxygen atoms in total. The highest BCUT2D eigenvalue weighted by Crippen LogP contribution is 2.37. The minimum Gasteiger partial charge on any atom is -0.381 e. The highest BCUT2D eigenvalue weighted by Gasteiger charge is 2.44. The summed E-state index contributed by atoms with van der Waals surface area (Å²) in [6.07, 6.45) is 8.10. The molecule has 2 aliphatic heterocycles. The highest BCUT2D eigenvalue weighted by molar-refractivity contribution is 5.03. The van der Waals surface area contributed by atoms with Crippen molar-refractivity contribution in [1.82, 2.24) is 10.2 Å². The third kappa shape index (κ3) is 3.30. The Morgan fingerprint density at radius 3 is 2.38 bits per heavy atom. The van der Waals surface area contributed by atoms with Crippen LogP contribution in [0.1, 0.15) is 59.3 Å². The van der Waals surface area contributed by atoms with Crippen LogP contribution in [0, 0.1) is 11.8 Å². The van der Waals surface area contributed by atoms with Crippen LogP contribution >= 0.6 is 0 Å². The third-order valence-corrected chi connectivity index (χ3v) is 6.40. The van der Waals surface area contributed by atoms with Gasteiger partial charge in [0.1, 0.15) is 0 Å². The van der Waals surface area contributed by atoms with Crippen molar-refractivity contribution in [3.05, 3.63) is 0 Å². The Morgan fingerprint density at radius 1 is 1.10 bits per heavy atom. The number of nitrogens with zero attached hydrogens (tertiary/aromatic N) is 1. The van der Waals surface area contributed by atoms with Crippen LogP contribution in [0.2, 0.25) is 0 Å². The summed E-state index contributed by atoms with van der Waals surface area (Å²) in [7, 11) is 0. The Balaban J connectivity index is 1.73. The fraction of sp³-hybridized carbons (Fsp3) is 1.00. The van der Waals surface area contributed by atoms with Gasteiger partial charge in [0.2, 0.25) is 0 Å². The van der Waals surface area contributed by atoms with Crippen LogP contribution < -0.4 is 5.32 Å². The number of rotatable bonds is 3. The Morgan fingerprint density at radius 2 is 1.76 bits per heavy atom. The summed E-state index contributed by atoms with van der Waals surface area (Å²) in [5.74, 6) is 1.56. The largest absolute Gasteiger partial charge is 0.381 e. The molecule has 3 rings (SSSR count). The molecule has 2 atom stereocenters. The number of hydrogen-bond acceptors (Lipinski definition) is 3. The molecular formula is C18H34N2O. The van der Waals surface area contributed by atoms with E-state index in [-0.39, 0.29) is 0 Å². The first-order valence-corrected chi connectivity index (χ1v) is 9.20. The van der Waals surface area contributed by atoms with Gasteiger partial charge in [0, 0.05) is 43.9 Å². The summed E-state index contributed by atoms with van der Waals surface area (Å²) in [4.78, 5) is 2.88. The van der Waals surface area contributed by atoms with Crippen LogP contribution in [-0.4, -0.2) is 48.8 Å². The van der Waals surface area contributed by atoms with Crippen molar-refractivity contribution in [2.45, 2.75) is 76.9 Å². The molecule has 0 amide bonds. The van der Waals surface area contributed by atoms with Gasteiger partial charge in [0.05, 0.1) is 0 Å². The summed E-state index contributed by atoms with van der Waals surface area (Å²) in [6.45, 7) is 11.7. The first-order chi connectivity index (χ1) is 10.1. The second-order valence-electron chi connectivity index (χ2n) is 8.04. The summed E-state index contributed by atoms with van der Waals surface area (Å²) < 4.78 is 5.57. The zero-order valence-corrected chi connectivity index (χ0v) is 14.2. The smallest absolute Gasteiger partial charge is 0.0469 e. The van der Waals surface area contributed by atoms with Crippen molar-refractivity contribution in [2.75, 3.05) is 26.3 Å². The zero-order chi connectivity index (χ0) is 14.9. The number of nitrogens with one attached hydrogen (secondary N) is 1. The van der Waals surface area contributed by atoms with Gasteiger partial charge < -0.3 is 10.1 Å². The zero-order valence-electron chi connectivity index (χ0n) is 14.2. The highest BCUT2D eigenvalue weighted by atomic mass is 16.5. The number of ether oxygens (including phenoxy) is 1. The molecule has 3 heteroatoms. The number of hydrogen-bond donors (Lipinski definition) is 1. The predicted molar refractivity (Wildman–Crippen MR) is 87.5 cm³/mol. The van der Waals surface area contributed by atoms with E-state index in [0.29, 0.717) is 17.6 Å². The Labute approximate surface area is 130 Å². The Kier molecular flexibility index (Phi) is 4.92. The summed E-state index contributed by atoms with van der Waals surface area (Å²) in [5.41, 5.74) is 0.435. The molecule has 21 heavy (non-hydrogen) atoms. The molecule has 3 aliphatic rings. The molecule has 2 saturated heterocycles. The monoisotopic (exact) mass is 294 g/mol. The van der Waals surface area contributed by atoms with E-state index in [9.17, 15) is 0 Å². The maximum atomic E-state index is 5.57. The second kappa shape index (κ2) is 6.55. The molecule has 122 valence electrons. The maximum Gasteiger partial charge on any atom is 0.0469 e. The van der Waals surface area contributed by atoms with Crippen molar-refractivity contribution in [3.8, 4) is 0 Å². The van der Waals surface area contributed by atoms with E-state index >= 15 is 0 Å². The van der Waals surface area contributed by atoms with E-state index in [1.165, 1.54) is 51.6 Å². The fourth-order valence-electron chi connectivity index (χ4n) is 4.88. The van der Waals surface area contributed by atoms with E-state index in [0.717, 1.165) is 25.0 Å². The van der Waals surface area contributed by atoms with Gasteiger partial charge >= 0.3 is 0 Å². The van der Waals surface area contributed by atoms with Crippen LogP contribution in [-0.2, 0) is 4.74 Å². The minimum atomic E-state index is 0.435. The standard InChI is InChI=1S/C18H34N2O/c1-14(2)17-12-19-18(8-4-5-9-18)13-20(17)15(3)16-6-10-21-11-7-16/h14-17,19H,4-13H2,1-3H3. The first kappa shape index (κ1) is 15.8. The first-order valence-electron chi connectivity index (χ1n) is 9.20. The molecule has 1 N–H and O–H groups in total. The lowest BCUT2D eigenvalue weighted by molar-refractivity contribution is -0.0221. The molecular weight excluding hydrogens is 260 g/mol. The average Bonchev–Trinajstić information content (AvgIpc) is 2.95. The van der Waals surface area contributed by atoms with E-state index in [1.807, 2.05) is 0 Å². The van der Waals surface area contributed by atoms with Gasteiger partial charge in [-0.2, -0.15) is 0 Å². The van der Waals surface area contributed by atoms with Gasteiger partial charge in [0.25, 0.3) is 0 Å². The van der Waals surface area contributed by atoms with Gasteiger partial charge in [-0.05, 0) is 44.4 Å². The molecule has 0 radical (unpaired) electrons. The van der Waals surface area contributed by atoms with Crippen LogP contribution in [0.4, 0.5) is 0 Å². The molecule has 0 aromatic carbocycles.